The van der Waals surface area contributed by atoms with Crippen molar-refractivity contribution < 1.29 is 9.59 Å². The average molecular weight is 432 g/mol. The molecule has 7 heteroatoms. The predicted molar refractivity (Wildman–Crippen MR) is 126 cm³/mol. The Morgan fingerprint density at radius 2 is 2.09 bits per heavy atom. The summed E-state index contributed by atoms with van der Waals surface area (Å²) >= 11 is 0. The molecule has 0 bridgehead atoms. The molecule has 4 N–H and O–H groups in total. The minimum absolute atomic E-state index is 0.0878. The topological polar surface area (TPSA) is 104 Å². The summed E-state index contributed by atoms with van der Waals surface area (Å²) in [6.07, 6.45) is 11.0. The van der Waals surface area contributed by atoms with Gasteiger partial charge in [-0.05, 0) is 75.3 Å². The monoisotopic (exact) mass is 431 g/mol. The van der Waals surface area contributed by atoms with Crippen LogP contribution >= 0.6 is 0 Å². The van der Waals surface area contributed by atoms with Gasteiger partial charge in [-0.1, -0.05) is 5.92 Å². The molecule has 2 aromatic heterocycles. The second-order valence-electron chi connectivity index (χ2n) is 8.76. The molecule has 3 heterocycles. The number of nitrogens with two attached hydrogens (primary N) is 1. The fourth-order valence-corrected chi connectivity index (χ4v) is 4.55. The number of aryl methyl sites for hydroxylation is 2. The summed E-state index contributed by atoms with van der Waals surface area (Å²) in [5, 5.41) is 2.64. The molecule has 2 amide bonds. The molecule has 1 fully saturated rings. The lowest BCUT2D eigenvalue weighted by molar-refractivity contribution is -0.113. The number of rotatable bonds is 5. The Morgan fingerprint density at radius 3 is 2.75 bits per heavy atom. The second kappa shape index (κ2) is 9.01. The molecular weight excluding hydrogens is 402 g/mol. The van der Waals surface area contributed by atoms with Crippen molar-refractivity contribution in [1.82, 2.24) is 15.3 Å². The highest BCUT2D eigenvalue weighted by Crippen LogP contribution is 2.38. The molecule has 1 saturated carbocycles. The maximum Gasteiger partial charge on any atom is 0.270 e. The van der Waals surface area contributed by atoms with E-state index in [1.165, 1.54) is 0 Å². The Morgan fingerprint density at radius 1 is 1.34 bits per heavy atom. The van der Waals surface area contributed by atoms with Crippen LogP contribution in [-0.4, -0.2) is 40.9 Å². The molecule has 0 unspecified atom stereocenters. The van der Waals surface area contributed by atoms with E-state index in [0.717, 1.165) is 48.2 Å². The van der Waals surface area contributed by atoms with Gasteiger partial charge < -0.3 is 16.0 Å². The molecule has 4 rings (SSSR count). The Hall–Kier alpha value is -3.37. The minimum atomic E-state index is -0.352. The normalized spacial score (nSPS) is 21.5. The number of amides is 2. The zero-order valence-electron chi connectivity index (χ0n) is 18.6. The third kappa shape index (κ3) is 4.32. The fourth-order valence-electron chi connectivity index (χ4n) is 4.55. The molecule has 0 radical (unpaired) electrons. The lowest BCUT2D eigenvalue weighted by Crippen LogP contribution is -2.36. The summed E-state index contributed by atoms with van der Waals surface area (Å²) in [5.41, 5.74) is 10.6. The Labute approximate surface area is 188 Å². The van der Waals surface area contributed by atoms with E-state index in [2.05, 4.69) is 21.2 Å². The van der Waals surface area contributed by atoms with Crippen LogP contribution in [0.15, 0.2) is 18.2 Å². The molecule has 32 heavy (non-hydrogen) atoms. The number of fused-ring (bicyclic) bond motifs is 1. The highest BCUT2D eigenvalue weighted by atomic mass is 16.2. The third-order valence-electron chi connectivity index (χ3n) is 6.29. The molecule has 2 aromatic rings. The van der Waals surface area contributed by atoms with Gasteiger partial charge in [0, 0.05) is 29.5 Å². The third-order valence-corrected chi connectivity index (χ3v) is 6.29. The van der Waals surface area contributed by atoms with Crippen molar-refractivity contribution in [3.63, 3.8) is 0 Å². The van der Waals surface area contributed by atoms with E-state index >= 15 is 0 Å². The van der Waals surface area contributed by atoms with Gasteiger partial charge >= 0.3 is 0 Å². The lowest BCUT2D eigenvalue weighted by atomic mass is 9.86. The van der Waals surface area contributed by atoms with Gasteiger partial charge in [0.25, 0.3) is 11.8 Å². The van der Waals surface area contributed by atoms with Gasteiger partial charge in [0.2, 0.25) is 0 Å². The van der Waals surface area contributed by atoms with Gasteiger partial charge in [-0.25, -0.2) is 4.98 Å². The number of carbonyl (C=O) groups excluding carboxylic acids is 2. The maximum atomic E-state index is 13.5. The number of terminal acetylenes is 1. The van der Waals surface area contributed by atoms with Crippen LogP contribution in [-0.2, 0) is 4.79 Å². The molecule has 0 saturated heterocycles. The number of nitrogens with zero attached hydrogens (tertiary/aromatic N) is 2. The molecule has 7 nitrogen and oxygen atoms in total. The van der Waals surface area contributed by atoms with Gasteiger partial charge in [0.1, 0.15) is 11.5 Å². The Bertz CT molecular complexity index is 1120. The number of hydrogen-bond donors (Lipinski definition) is 3. The van der Waals surface area contributed by atoms with Crippen molar-refractivity contribution in [3.05, 3.63) is 46.4 Å². The first-order valence-electron chi connectivity index (χ1n) is 11.1. The maximum absolute atomic E-state index is 13.5. The first kappa shape index (κ1) is 21.8. The van der Waals surface area contributed by atoms with Crippen LogP contribution in [0, 0.1) is 32.1 Å². The van der Waals surface area contributed by atoms with Crippen LogP contribution in [0.4, 0.5) is 5.82 Å². The highest BCUT2D eigenvalue weighted by molar-refractivity contribution is 6.35. The van der Waals surface area contributed by atoms with Crippen LogP contribution in [0.3, 0.4) is 0 Å². The van der Waals surface area contributed by atoms with Gasteiger partial charge in [-0.3, -0.25) is 14.5 Å². The van der Waals surface area contributed by atoms with E-state index in [0.29, 0.717) is 23.9 Å². The molecule has 0 spiro atoms. The first-order chi connectivity index (χ1) is 15.4. The zero-order valence-corrected chi connectivity index (χ0v) is 18.6. The quantitative estimate of drug-likeness (QED) is 0.500. The molecule has 0 aromatic carbocycles. The van der Waals surface area contributed by atoms with Gasteiger partial charge in [0.15, 0.2) is 0 Å². The van der Waals surface area contributed by atoms with Crippen LogP contribution in [0.25, 0.3) is 11.6 Å². The van der Waals surface area contributed by atoms with Gasteiger partial charge in [-0.2, -0.15) is 0 Å². The predicted octanol–water partition coefficient (Wildman–Crippen LogP) is 2.79. The zero-order chi connectivity index (χ0) is 22.8. The number of aromatic amines is 1. The van der Waals surface area contributed by atoms with E-state index in [9.17, 15) is 9.59 Å². The molecular formula is C25H29N5O2. The number of H-pyrrole nitrogens is 1. The molecule has 1 aliphatic heterocycles. The second-order valence-corrected chi connectivity index (χ2v) is 8.76. The summed E-state index contributed by atoms with van der Waals surface area (Å²) in [7, 11) is 0. The van der Waals surface area contributed by atoms with Crippen LogP contribution in [0.5, 0.6) is 0 Å². The van der Waals surface area contributed by atoms with Crippen molar-refractivity contribution in [2.24, 2.45) is 11.7 Å². The van der Waals surface area contributed by atoms with Crippen molar-refractivity contribution in [1.29, 1.82) is 0 Å². The van der Waals surface area contributed by atoms with E-state index in [-0.39, 0.29) is 30.1 Å². The Balaban J connectivity index is 1.71. The number of pyridine rings is 1. The number of nitrogens with one attached hydrogen (secondary N) is 2. The summed E-state index contributed by atoms with van der Waals surface area (Å²) < 4.78 is 0. The smallest absolute Gasteiger partial charge is 0.270 e. The summed E-state index contributed by atoms with van der Waals surface area (Å²) in [6.45, 7) is 4.69. The van der Waals surface area contributed by atoms with E-state index in [4.69, 9.17) is 12.2 Å². The van der Waals surface area contributed by atoms with Crippen molar-refractivity contribution in [2.75, 3.05) is 18.0 Å². The Kier molecular flexibility index (Phi) is 6.15. The van der Waals surface area contributed by atoms with Crippen molar-refractivity contribution in [3.8, 4) is 12.3 Å². The first-order valence-corrected chi connectivity index (χ1v) is 11.1. The van der Waals surface area contributed by atoms with Crippen molar-refractivity contribution >= 4 is 29.3 Å². The minimum Gasteiger partial charge on any atom is -0.359 e. The summed E-state index contributed by atoms with van der Waals surface area (Å²) in [6, 6.07) is 5.74. The standard InChI is InChI=1S/C25H29N5O2/c1-4-11-27-24(31)21-10-9-19-20(13-22-15(2)12-16(3)28-22)25(32)30(23(19)29-21)14-17-5-7-18(26)8-6-17/h1,9-10,12-13,17-18,28H,5-8,11,14,26H2,2-3H3,(H,27,31)/b20-13-. The average Bonchev–Trinajstić information content (AvgIpc) is 3.23. The number of carbonyl (C=O) groups is 2. The SMILES string of the molecule is C#CCNC(=O)c1ccc2c(n1)N(CC1CCC(N)CC1)C(=O)/C2=C\c1[nH]c(C)cc1C. The van der Waals surface area contributed by atoms with Gasteiger partial charge in [0.05, 0.1) is 12.1 Å². The van der Waals surface area contributed by atoms with E-state index < -0.39 is 0 Å². The van der Waals surface area contributed by atoms with Crippen LogP contribution in [0.2, 0.25) is 0 Å². The molecule has 166 valence electrons. The molecule has 1 aliphatic carbocycles. The van der Waals surface area contributed by atoms with E-state index in [1.807, 2.05) is 26.0 Å². The molecule has 0 atom stereocenters. The summed E-state index contributed by atoms with van der Waals surface area (Å²) in [4.78, 5) is 35.6. The largest absolute Gasteiger partial charge is 0.359 e. The number of hydrogen-bond acceptors (Lipinski definition) is 4. The highest BCUT2D eigenvalue weighted by Gasteiger charge is 2.36. The van der Waals surface area contributed by atoms with E-state index in [1.54, 1.807) is 17.0 Å². The fraction of sp³-hybridized carbons (Fsp3) is 0.400. The van der Waals surface area contributed by atoms with Crippen LogP contribution < -0.4 is 16.0 Å². The number of aromatic nitrogens is 2. The number of anilines is 1. The molecule has 2 aliphatic rings. The van der Waals surface area contributed by atoms with Gasteiger partial charge in [-0.15, -0.1) is 6.42 Å². The lowest BCUT2D eigenvalue weighted by Gasteiger charge is -2.29. The summed E-state index contributed by atoms with van der Waals surface area (Å²) in [5.74, 6) is 2.84. The van der Waals surface area contributed by atoms with Crippen LogP contribution in [0.1, 0.15) is 58.7 Å². The van der Waals surface area contributed by atoms with Crippen molar-refractivity contribution in [2.45, 2.75) is 45.6 Å².